The van der Waals surface area contributed by atoms with Crippen LogP contribution in [0.2, 0.25) is 0 Å². The van der Waals surface area contributed by atoms with Gasteiger partial charge in [0.05, 0.1) is 0 Å². The van der Waals surface area contributed by atoms with Crippen molar-refractivity contribution in [2.45, 2.75) is 25.3 Å². The number of carbonyl (C=O) groups is 2. The van der Waals surface area contributed by atoms with Crippen LogP contribution in [0.1, 0.15) is 12.8 Å². The van der Waals surface area contributed by atoms with Gasteiger partial charge in [0, 0.05) is 0 Å². The minimum atomic E-state index is -3.20. The third kappa shape index (κ3) is 4.70. The van der Waals surface area contributed by atoms with Gasteiger partial charge in [0.1, 0.15) is 6.04 Å². The highest BCUT2D eigenvalue weighted by molar-refractivity contribution is 5.85. The number of aliphatic carboxylic acids is 1. The Balaban J connectivity index is 4.09. The van der Waals surface area contributed by atoms with Gasteiger partial charge >= 0.3 is 12.4 Å². The van der Waals surface area contributed by atoms with Crippen LogP contribution in [0.15, 0.2) is 0 Å². The summed E-state index contributed by atoms with van der Waals surface area (Å²) >= 11 is 0. The molecule has 82 valence electrons. The Bertz CT molecular complexity index is 211. The van der Waals surface area contributed by atoms with Crippen LogP contribution in [-0.2, 0) is 9.59 Å². The molecule has 0 aliphatic heterocycles. The second kappa shape index (κ2) is 6.25. The number of carboxylic acid groups (broad SMARTS) is 1. The summed E-state index contributed by atoms with van der Waals surface area (Å²) in [6, 6.07) is -1.29. The van der Waals surface area contributed by atoms with Gasteiger partial charge < -0.3 is 16.2 Å². The lowest BCUT2D eigenvalue weighted by atomic mass is 10.1. The van der Waals surface area contributed by atoms with Crippen LogP contribution in [0.5, 0.6) is 0 Å². The molecule has 0 aliphatic carbocycles. The minimum absolute atomic E-state index is 0.0459. The summed E-state index contributed by atoms with van der Waals surface area (Å²) in [4.78, 5) is 20.9. The molecule has 4 N–H and O–H groups in total. The smallest absolute Gasteiger partial charge is 0.326 e. The van der Waals surface area contributed by atoms with E-state index in [0.717, 1.165) is 0 Å². The Morgan fingerprint density at radius 2 is 2.00 bits per heavy atom. The third-order valence-corrected chi connectivity index (χ3v) is 1.51. The first-order valence-electron chi connectivity index (χ1n) is 4.00. The monoisotopic (exact) mass is 210 g/mol. The highest BCUT2D eigenvalue weighted by atomic mass is 19.3. The molecule has 0 aromatic heterocycles. The lowest BCUT2D eigenvalue weighted by molar-refractivity contribution is -0.144. The summed E-state index contributed by atoms with van der Waals surface area (Å²) in [5.74, 6) is -2.91. The zero-order valence-corrected chi connectivity index (χ0v) is 7.37. The van der Waals surface area contributed by atoms with Crippen LogP contribution in [0, 0.1) is 0 Å². The quantitative estimate of drug-likeness (QED) is 0.554. The van der Waals surface area contributed by atoms with Gasteiger partial charge in [0.25, 0.3) is 5.91 Å². The first-order chi connectivity index (χ1) is 6.49. The van der Waals surface area contributed by atoms with E-state index in [9.17, 15) is 18.4 Å². The lowest BCUT2D eigenvalue weighted by Gasteiger charge is -2.13. The van der Waals surface area contributed by atoms with Gasteiger partial charge in [-0.25, -0.2) is 4.79 Å². The van der Waals surface area contributed by atoms with Gasteiger partial charge in [-0.1, -0.05) is 0 Å². The van der Waals surface area contributed by atoms with Gasteiger partial charge in [-0.15, -0.1) is 0 Å². The van der Waals surface area contributed by atoms with Crippen molar-refractivity contribution in [3.63, 3.8) is 0 Å². The van der Waals surface area contributed by atoms with Crippen LogP contribution < -0.4 is 11.1 Å². The van der Waals surface area contributed by atoms with E-state index in [1.54, 1.807) is 5.32 Å². The second-order valence-electron chi connectivity index (χ2n) is 2.63. The fourth-order valence-corrected chi connectivity index (χ4v) is 0.814. The van der Waals surface area contributed by atoms with E-state index >= 15 is 0 Å². The van der Waals surface area contributed by atoms with Crippen molar-refractivity contribution in [1.82, 2.24) is 5.32 Å². The topological polar surface area (TPSA) is 92.4 Å². The highest BCUT2D eigenvalue weighted by Gasteiger charge is 2.23. The average molecular weight is 210 g/mol. The number of nitrogens with one attached hydrogen (secondary N) is 1. The fraction of sp³-hybridized carbons (Fsp3) is 0.714. The van der Waals surface area contributed by atoms with E-state index in [4.69, 9.17) is 10.8 Å². The number of halogens is 2. The molecule has 0 bridgehead atoms. The molecule has 0 heterocycles. The summed E-state index contributed by atoms with van der Waals surface area (Å²) < 4.78 is 23.5. The molecule has 5 nitrogen and oxygen atoms in total. The van der Waals surface area contributed by atoms with E-state index in [2.05, 4.69) is 0 Å². The molecule has 0 saturated heterocycles. The van der Waals surface area contributed by atoms with Crippen molar-refractivity contribution in [2.75, 3.05) is 6.54 Å². The van der Waals surface area contributed by atoms with Gasteiger partial charge in [-0.2, -0.15) is 8.78 Å². The maximum absolute atomic E-state index is 11.7. The lowest BCUT2D eigenvalue weighted by Crippen LogP contribution is -2.43. The number of carboxylic acids is 1. The van der Waals surface area contributed by atoms with Crippen LogP contribution >= 0.6 is 0 Å². The van der Waals surface area contributed by atoms with Crippen molar-refractivity contribution in [3.05, 3.63) is 0 Å². The van der Waals surface area contributed by atoms with Crippen LogP contribution in [0.25, 0.3) is 0 Å². The van der Waals surface area contributed by atoms with E-state index < -0.39 is 24.3 Å². The molecule has 0 saturated carbocycles. The molecule has 0 aromatic carbocycles. The van der Waals surface area contributed by atoms with Gasteiger partial charge in [-0.3, -0.25) is 4.79 Å². The maximum Gasteiger partial charge on any atom is 0.326 e. The van der Waals surface area contributed by atoms with Crippen molar-refractivity contribution in [2.24, 2.45) is 5.73 Å². The Morgan fingerprint density at radius 3 is 2.36 bits per heavy atom. The fourth-order valence-electron chi connectivity index (χ4n) is 0.814. The summed E-state index contributed by atoms with van der Waals surface area (Å²) in [7, 11) is 0. The highest BCUT2D eigenvalue weighted by Crippen LogP contribution is 1.99. The molecule has 1 atom stereocenters. The molecular formula is C7H12F2N2O3. The molecular weight excluding hydrogens is 198 g/mol. The Labute approximate surface area is 79.3 Å². The predicted molar refractivity (Wildman–Crippen MR) is 43.9 cm³/mol. The number of nitrogens with two attached hydrogens (primary N) is 1. The Hall–Kier alpha value is -1.24. The summed E-state index contributed by atoms with van der Waals surface area (Å²) in [6.07, 6.45) is -2.81. The van der Waals surface area contributed by atoms with Crippen LogP contribution in [0.3, 0.4) is 0 Å². The Morgan fingerprint density at radius 1 is 1.43 bits per heavy atom. The predicted octanol–water partition coefficient (Wildman–Crippen LogP) is -0.440. The van der Waals surface area contributed by atoms with Crippen molar-refractivity contribution in [1.29, 1.82) is 0 Å². The number of hydrogen-bond acceptors (Lipinski definition) is 3. The van der Waals surface area contributed by atoms with Crippen molar-refractivity contribution < 1.29 is 23.5 Å². The van der Waals surface area contributed by atoms with Crippen LogP contribution in [-0.4, -0.2) is 36.0 Å². The average Bonchev–Trinajstić information content (AvgIpc) is 2.10. The maximum atomic E-state index is 11.7. The largest absolute Gasteiger partial charge is 0.480 e. The summed E-state index contributed by atoms with van der Waals surface area (Å²) in [5, 5.41) is 10.2. The number of hydrogen-bond donors (Lipinski definition) is 3. The summed E-state index contributed by atoms with van der Waals surface area (Å²) in [5.41, 5.74) is 5.11. The number of carbonyl (C=O) groups excluding carboxylic acids is 1. The van der Waals surface area contributed by atoms with E-state index in [1.807, 2.05) is 0 Å². The van der Waals surface area contributed by atoms with Crippen LogP contribution in [0.4, 0.5) is 8.78 Å². The van der Waals surface area contributed by atoms with E-state index in [-0.39, 0.29) is 13.0 Å². The molecule has 0 unspecified atom stereocenters. The SMILES string of the molecule is NCCC[C@@H](NC(=O)C(F)F)C(=O)O. The number of alkyl halides is 2. The van der Waals surface area contributed by atoms with E-state index in [1.165, 1.54) is 0 Å². The molecule has 0 fully saturated rings. The molecule has 0 aromatic rings. The molecule has 1 amide bonds. The molecule has 0 spiro atoms. The number of rotatable bonds is 6. The first kappa shape index (κ1) is 12.8. The standard InChI is InChI=1S/C7H12F2N2O3/c8-5(9)6(12)11-4(7(13)14)2-1-3-10/h4-5H,1-3,10H2,(H,11,12)(H,13,14)/t4-/m1/s1. The van der Waals surface area contributed by atoms with Gasteiger partial charge in [0.15, 0.2) is 0 Å². The summed E-state index contributed by atoms with van der Waals surface area (Å²) in [6.45, 7) is 0.244. The molecule has 0 radical (unpaired) electrons. The van der Waals surface area contributed by atoms with E-state index in [0.29, 0.717) is 6.42 Å². The normalized spacial score (nSPS) is 12.6. The Kier molecular flexibility index (Phi) is 5.70. The van der Waals surface area contributed by atoms with Gasteiger partial charge in [-0.05, 0) is 19.4 Å². The second-order valence-corrected chi connectivity index (χ2v) is 2.63. The van der Waals surface area contributed by atoms with Crippen molar-refractivity contribution >= 4 is 11.9 Å². The zero-order valence-electron chi connectivity index (χ0n) is 7.37. The minimum Gasteiger partial charge on any atom is -0.480 e. The number of amides is 1. The molecule has 0 rings (SSSR count). The third-order valence-electron chi connectivity index (χ3n) is 1.51. The molecule has 14 heavy (non-hydrogen) atoms. The zero-order chi connectivity index (χ0) is 11.1. The van der Waals surface area contributed by atoms with Gasteiger partial charge in [0.2, 0.25) is 0 Å². The molecule has 7 heteroatoms. The van der Waals surface area contributed by atoms with Crippen molar-refractivity contribution in [3.8, 4) is 0 Å². The first-order valence-corrected chi connectivity index (χ1v) is 4.00. The molecule has 0 aliphatic rings.